The van der Waals surface area contributed by atoms with Crippen LogP contribution >= 0.6 is 15.9 Å². The minimum absolute atomic E-state index is 0.0527. The number of fused-ring (bicyclic) bond motifs is 1. The zero-order valence-corrected chi connectivity index (χ0v) is 17.5. The van der Waals surface area contributed by atoms with E-state index in [-0.39, 0.29) is 18.1 Å². The molecule has 6 heteroatoms. The van der Waals surface area contributed by atoms with Gasteiger partial charge in [-0.2, -0.15) is 4.31 Å². The third-order valence-electron chi connectivity index (χ3n) is 5.44. The fourth-order valence-electron chi connectivity index (χ4n) is 3.85. The fourth-order valence-corrected chi connectivity index (χ4v) is 5.59. The molecular formula is C21H22BrNO3S. The molecule has 142 valence electrons. The monoisotopic (exact) mass is 447 g/mol. The van der Waals surface area contributed by atoms with Gasteiger partial charge in [0.15, 0.2) is 0 Å². The Morgan fingerprint density at radius 3 is 2.41 bits per heavy atom. The molecule has 0 radical (unpaired) electrons. The Morgan fingerprint density at radius 2 is 1.74 bits per heavy atom. The first kappa shape index (κ1) is 18.9. The van der Waals surface area contributed by atoms with Gasteiger partial charge in [-0.3, -0.25) is 0 Å². The molecule has 2 aromatic rings. The Kier molecular flexibility index (Phi) is 5.01. The number of hydrogen-bond donors (Lipinski definition) is 0. The number of nitrogens with zero attached hydrogens (tertiary/aromatic N) is 1. The van der Waals surface area contributed by atoms with Crippen LogP contribution < -0.4 is 0 Å². The largest absolute Gasteiger partial charge is 0.368 e. The van der Waals surface area contributed by atoms with Gasteiger partial charge in [0.1, 0.15) is 0 Å². The van der Waals surface area contributed by atoms with Crippen LogP contribution in [0.3, 0.4) is 0 Å². The first-order chi connectivity index (χ1) is 12.8. The second-order valence-corrected chi connectivity index (χ2v) is 10.2. The number of rotatable bonds is 3. The molecular weight excluding hydrogens is 426 g/mol. The number of sulfonamides is 1. The molecule has 0 bridgehead atoms. The number of hydrogen-bond acceptors (Lipinski definition) is 3. The number of halogens is 1. The third kappa shape index (κ3) is 3.63. The predicted octanol–water partition coefficient (Wildman–Crippen LogP) is 4.46. The minimum Gasteiger partial charge on any atom is -0.368 e. The lowest BCUT2D eigenvalue weighted by Crippen LogP contribution is -2.32. The van der Waals surface area contributed by atoms with Crippen LogP contribution in [0.4, 0.5) is 0 Å². The molecule has 2 aliphatic rings. The summed E-state index contributed by atoms with van der Waals surface area (Å²) < 4.78 is 34.9. The summed E-state index contributed by atoms with van der Waals surface area (Å²) in [6, 6.07) is 15.1. The van der Waals surface area contributed by atoms with E-state index in [0.717, 1.165) is 27.6 Å². The van der Waals surface area contributed by atoms with E-state index >= 15 is 0 Å². The van der Waals surface area contributed by atoms with Gasteiger partial charge in [-0.05, 0) is 43.2 Å². The predicted molar refractivity (Wildman–Crippen MR) is 109 cm³/mol. The van der Waals surface area contributed by atoms with E-state index in [0.29, 0.717) is 18.0 Å². The highest BCUT2D eigenvalue weighted by Crippen LogP contribution is 2.42. The summed E-state index contributed by atoms with van der Waals surface area (Å²) in [5.41, 5.74) is 3.21. The van der Waals surface area contributed by atoms with Crippen LogP contribution in [-0.2, 0) is 14.8 Å². The van der Waals surface area contributed by atoms with E-state index in [2.05, 4.69) is 22.5 Å². The molecule has 2 aliphatic heterocycles. The molecule has 0 spiro atoms. The summed E-state index contributed by atoms with van der Waals surface area (Å²) in [7, 11) is -3.52. The molecule has 0 N–H and O–H groups in total. The van der Waals surface area contributed by atoms with Crippen LogP contribution in [-0.4, -0.2) is 31.9 Å². The molecule has 3 unspecified atom stereocenters. The third-order valence-corrected chi connectivity index (χ3v) is 7.82. The van der Waals surface area contributed by atoms with E-state index in [1.807, 2.05) is 43.3 Å². The van der Waals surface area contributed by atoms with Gasteiger partial charge in [0, 0.05) is 23.5 Å². The zero-order valence-electron chi connectivity index (χ0n) is 15.1. The van der Waals surface area contributed by atoms with E-state index in [1.165, 1.54) is 0 Å². The van der Waals surface area contributed by atoms with Crippen molar-refractivity contribution in [2.24, 2.45) is 5.92 Å². The molecule has 0 aromatic heterocycles. The van der Waals surface area contributed by atoms with Crippen LogP contribution in [0.2, 0.25) is 0 Å². The van der Waals surface area contributed by atoms with Crippen molar-refractivity contribution in [1.29, 1.82) is 0 Å². The van der Waals surface area contributed by atoms with Crippen molar-refractivity contribution in [1.82, 2.24) is 4.31 Å². The fraction of sp³-hybridized carbons (Fsp3) is 0.333. The first-order valence-electron chi connectivity index (χ1n) is 9.00. The van der Waals surface area contributed by atoms with Crippen molar-refractivity contribution in [3.63, 3.8) is 0 Å². The highest BCUT2D eigenvalue weighted by atomic mass is 79.9. The topological polar surface area (TPSA) is 46.6 Å². The zero-order chi connectivity index (χ0) is 19.2. The van der Waals surface area contributed by atoms with Gasteiger partial charge in [0.25, 0.3) is 0 Å². The molecule has 3 atom stereocenters. The second-order valence-electron chi connectivity index (χ2n) is 7.32. The van der Waals surface area contributed by atoms with Crippen LogP contribution in [0, 0.1) is 12.8 Å². The SMILES string of the molecule is C=C1CC(c2ccc(Br)cc2)OC2CN(S(=O)(=O)c3ccc(C)cc3)CC12. The molecule has 0 saturated carbocycles. The van der Waals surface area contributed by atoms with Crippen LogP contribution in [0.5, 0.6) is 0 Å². The normalized spacial score (nSPS) is 26.1. The molecule has 0 amide bonds. The van der Waals surface area contributed by atoms with Crippen molar-refractivity contribution in [2.45, 2.75) is 30.4 Å². The van der Waals surface area contributed by atoms with E-state index in [9.17, 15) is 8.42 Å². The summed E-state index contributed by atoms with van der Waals surface area (Å²) in [4.78, 5) is 0.335. The minimum atomic E-state index is -3.52. The van der Waals surface area contributed by atoms with Gasteiger partial charge in [0.2, 0.25) is 10.0 Å². The Balaban J connectivity index is 1.54. The molecule has 0 aliphatic carbocycles. The number of benzene rings is 2. The quantitative estimate of drug-likeness (QED) is 0.652. The molecule has 2 fully saturated rings. The standard InChI is InChI=1S/C21H22BrNO3S/c1-14-3-9-18(10-4-14)27(24,25)23-12-19-15(2)11-20(26-21(19)13-23)16-5-7-17(22)8-6-16/h3-10,19-21H,2,11-13H2,1H3. The van der Waals surface area contributed by atoms with Gasteiger partial charge < -0.3 is 4.74 Å². The highest BCUT2D eigenvalue weighted by Gasteiger charge is 2.45. The maximum atomic E-state index is 13.0. The van der Waals surface area contributed by atoms with Crippen molar-refractivity contribution < 1.29 is 13.2 Å². The summed E-state index contributed by atoms with van der Waals surface area (Å²) in [5.74, 6) is 0.0527. The molecule has 2 aromatic carbocycles. The van der Waals surface area contributed by atoms with Gasteiger partial charge >= 0.3 is 0 Å². The lowest BCUT2D eigenvalue weighted by molar-refractivity contribution is -0.0421. The van der Waals surface area contributed by atoms with E-state index in [4.69, 9.17) is 4.74 Å². The van der Waals surface area contributed by atoms with E-state index in [1.54, 1.807) is 16.4 Å². The van der Waals surface area contributed by atoms with Crippen molar-refractivity contribution in [3.05, 3.63) is 76.3 Å². The highest BCUT2D eigenvalue weighted by molar-refractivity contribution is 9.10. The molecule has 4 nitrogen and oxygen atoms in total. The summed E-state index contributed by atoms with van der Waals surface area (Å²) >= 11 is 3.45. The van der Waals surface area contributed by atoms with Gasteiger partial charge in [-0.25, -0.2) is 8.42 Å². The maximum Gasteiger partial charge on any atom is 0.243 e. The Morgan fingerprint density at radius 1 is 1.07 bits per heavy atom. The smallest absolute Gasteiger partial charge is 0.243 e. The van der Waals surface area contributed by atoms with E-state index < -0.39 is 10.0 Å². The van der Waals surface area contributed by atoms with Gasteiger partial charge in [-0.1, -0.05) is 57.9 Å². The molecule has 27 heavy (non-hydrogen) atoms. The number of aryl methyl sites for hydroxylation is 1. The van der Waals surface area contributed by atoms with Gasteiger partial charge in [-0.15, -0.1) is 0 Å². The Hall–Kier alpha value is -1.47. The van der Waals surface area contributed by atoms with Crippen LogP contribution in [0.1, 0.15) is 23.7 Å². The Bertz CT molecular complexity index is 954. The summed E-state index contributed by atoms with van der Waals surface area (Å²) in [6.07, 6.45) is 0.496. The average Bonchev–Trinajstić information content (AvgIpc) is 3.08. The molecule has 2 heterocycles. The molecule has 4 rings (SSSR count). The maximum absolute atomic E-state index is 13.0. The lowest BCUT2D eigenvalue weighted by atomic mass is 9.87. The lowest BCUT2D eigenvalue weighted by Gasteiger charge is -2.33. The van der Waals surface area contributed by atoms with Crippen molar-refractivity contribution >= 4 is 26.0 Å². The van der Waals surface area contributed by atoms with Crippen molar-refractivity contribution in [3.8, 4) is 0 Å². The van der Waals surface area contributed by atoms with Crippen molar-refractivity contribution in [2.75, 3.05) is 13.1 Å². The molecule has 2 saturated heterocycles. The van der Waals surface area contributed by atoms with Gasteiger partial charge in [0.05, 0.1) is 17.1 Å². The van der Waals surface area contributed by atoms with Crippen LogP contribution in [0.15, 0.2) is 70.1 Å². The summed E-state index contributed by atoms with van der Waals surface area (Å²) in [5, 5.41) is 0. The average molecular weight is 448 g/mol. The summed E-state index contributed by atoms with van der Waals surface area (Å²) in [6.45, 7) is 6.99. The number of ether oxygens (including phenoxy) is 1. The Labute approximate surface area is 169 Å². The second kappa shape index (κ2) is 7.17. The van der Waals surface area contributed by atoms with Crippen LogP contribution in [0.25, 0.3) is 0 Å². The first-order valence-corrected chi connectivity index (χ1v) is 11.2.